The van der Waals surface area contributed by atoms with Crippen molar-refractivity contribution < 1.29 is 4.39 Å². The van der Waals surface area contributed by atoms with Crippen LogP contribution in [0.3, 0.4) is 0 Å². The summed E-state index contributed by atoms with van der Waals surface area (Å²) >= 11 is 7.96. The Bertz CT molecular complexity index is 1160. The predicted molar refractivity (Wildman–Crippen MR) is 115 cm³/mol. The lowest BCUT2D eigenvalue weighted by Gasteiger charge is -2.12. The number of aryl methyl sites for hydroxylation is 1. The molecule has 0 amide bonds. The number of hydrogen-bond donors (Lipinski definition) is 1. The van der Waals surface area contributed by atoms with E-state index in [2.05, 4.69) is 25.3 Å². The summed E-state index contributed by atoms with van der Waals surface area (Å²) in [4.78, 5) is 18.4. The number of aromatic nitrogens is 5. The molecule has 0 atom stereocenters. The lowest BCUT2D eigenvalue weighted by Crippen LogP contribution is -2.08. The first kappa shape index (κ1) is 19.7. The third-order valence-electron chi connectivity index (χ3n) is 4.60. The van der Waals surface area contributed by atoms with Gasteiger partial charge in [-0.05, 0) is 32.9 Å². The number of fused-ring (bicyclic) bond motifs is 1. The van der Waals surface area contributed by atoms with E-state index in [1.807, 2.05) is 37.6 Å². The van der Waals surface area contributed by atoms with Crippen LogP contribution < -0.4 is 5.32 Å². The van der Waals surface area contributed by atoms with Gasteiger partial charge in [-0.25, -0.2) is 19.3 Å². The van der Waals surface area contributed by atoms with Crippen molar-refractivity contribution in [1.29, 1.82) is 0 Å². The van der Waals surface area contributed by atoms with E-state index in [9.17, 15) is 4.39 Å². The predicted octanol–water partition coefficient (Wildman–Crippen LogP) is 5.29. The molecule has 1 N–H and O–H groups in total. The van der Waals surface area contributed by atoms with Gasteiger partial charge in [-0.3, -0.25) is 4.98 Å². The van der Waals surface area contributed by atoms with E-state index >= 15 is 0 Å². The van der Waals surface area contributed by atoms with Gasteiger partial charge in [0, 0.05) is 35.6 Å². The molecule has 0 bridgehead atoms. The van der Waals surface area contributed by atoms with Crippen LogP contribution in [0.15, 0.2) is 30.0 Å². The van der Waals surface area contributed by atoms with Crippen LogP contribution in [0.25, 0.3) is 22.3 Å². The molecule has 150 valence electrons. The van der Waals surface area contributed by atoms with Crippen molar-refractivity contribution in [3.8, 4) is 11.3 Å². The normalized spacial score (nSPS) is 11.5. The zero-order valence-corrected chi connectivity index (χ0v) is 17.9. The number of thiazole rings is 1. The standard InChI is InChI=1S/C20H20ClFN6S/c1-11(2)28-12(3)26-19-16(22)6-13(7-17(19)28)18-15(21)9-25-20(27-18)24-5-4-14-8-23-10-29-14/h6-11H,4-5H2,1-3H3,(H,24,25,27). The second kappa shape index (κ2) is 8.04. The van der Waals surface area contributed by atoms with Gasteiger partial charge in [0.25, 0.3) is 0 Å². The molecule has 9 heteroatoms. The maximum atomic E-state index is 14.8. The smallest absolute Gasteiger partial charge is 0.223 e. The zero-order chi connectivity index (χ0) is 20.5. The number of halogens is 2. The molecular formula is C20H20ClFN6S. The lowest BCUT2D eigenvalue weighted by atomic mass is 10.1. The van der Waals surface area contributed by atoms with E-state index in [1.54, 1.807) is 16.8 Å². The van der Waals surface area contributed by atoms with E-state index in [0.717, 1.165) is 17.8 Å². The maximum absolute atomic E-state index is 14.8. The summed E-state index contributed by atoms with van der Waals surface area (Å²) in [6.07, 6.45) is 4.20. The number of nitrogens with zero attached hydrogens (tertiary/aromatic N) is 5. The SMILES string of the molecule is Cc1nc2c(F)cc(-c3nc(NCCc4cncs4)ncc3Cl)cc2n1C(C)C. The molecule has 0 aliphatic rings. The van der Waals surface area contributed by atoms with E-state index in [0.29, 0.717) is 34.3 Å². The Morgan fingerprint density at radius 1 is 1.24 bits per heavy atom. The number of hydrogen-bond acceptors (Lipinski definition) is 6. The third-order valence-corrected chi connectivity index (χ3v) is 5.71. The monoisotopic (exact) mass is 430 g/mol. The highest BCUT2D eigenvalue weighted by Gasteiger charge is 2.17. The molecule has 0 spiro atoms. The maximum Gasteiger partial charge on any atom is 0.223 e. The second-order valence-electron chi connectivity index (χ2n) is 6.98. The van der Waals surface area contributed by atoms with Gasteiger partial charge in [-0.2, -0.15) is 0 Å². The Morgan fingerprint density at radius 3 is 2.79 bits per heavy atom. The molecule has 4 rings (SSSR count). The van der Waals surface area contributed by atoms with Gasteiger partial charge in [0.1, 0.15) is 11.3 Å². The lowest BCUT2D eigenvalue weighted by molar-refractivity contribution is 0.600. The van der Waals surface area contributed by atoms with Crippen LogP contribution in [0.1, 0.15) is 30.6 Å². The van der Waals surface area contributed by atoms with Crippen molar-refractivity contribution in [2.45, 2.75) is 33.2 Å². The quantitative estimate of drug-likeness (QED) is 0.450. The summed E-state index contributed by atoms with van der Waals surface area (Å²) in [6.45, 7) is 6.63. The molecular weight excluding hydrogens is 411 g/mol. The molecule has 1 aromatic carbocycles. The molecule has 0 aliphatic carbocycles. The summed E-state index contributed by atoms with van der Waals surface area (Å²) in [5, 5.41) is 3.56. The molecule has 0 saturated heterocycles. The Kier molecular flexibility index (Phi) is 5.47. The zero-order valence-electron chi connectivity index (χ0n) is 16.3. The summed E-state index contributed by atoms with van der Waals surface area (Å²) < 4.78 is 16.8. The fourth-order valence-corrected chi connectivity index (χ4v) is 4.17. The Labute approximate surface area is 176 Å². The average molecular weight is 431 g/mol. The molecule has 0 radical (unpaired) electrons. The van der Waals surface area contributed by atoms with E-state index in [4.69, 9.17) is 11.6 Å². The molecule has 3 heterocycles. The topological polar surface area (TPSA) is 68.5 Å². The van der Waals surface area contributed by atoms with Crippen LogP contribution in [-0.4, -0.2) is 31.0 Å². The summed E-state index contributed by atoms with van der Waals surface area (Å²) in [5.41, 5.74) is 3.96. The first-order valence-electron chi connectivity index (χ1n) is 9.26. The van der Waals surface area contributed by atoms with Crippen molar-refractivity contribution >= 4 is 39.9 Å². The van der Waals surface area contributed by atoms with E-state index in [1.165, 1.54) is 17.1 Å². The third kappa shape index (κ3) is 3.95. The van der Waals surface area contributed by atoms with Gasteiger partial charge < -0.3 is 9.88 Å². The highest BCUT2D eigenvalue weighted by Crippen LogP contribution is 2.32. The fraction of sp³-hybridized carbons (Fsp3) is 0.300. The van der Waals surface area contributed by atoms with Gasteiger partial charge in [-0.15, -0.1) is 11.3 Å². The van der Waals surface area contributed by atoms with Gasteiger partial charge in [-0.1, -0.05) is 11.6 Å². The van der Waals surface area contributed by atoms with Crippen molar-refractivity contribution in [2.75, 3.05) is 11.9 Å². The van der Waals surface area contributed by atoms with Crippen molar-refractivity contribution in [3.05, 3.63) is 51.6 Å². The first-order valence-corrected chi connectivity index (χ1v) is 10.5. The molecule has 3 aromatic heterocycles. The molecule has 29 heavy (non-hydrogen) atoms. The minimum absolute atomic E-state index is 0.152. The van der Waals surface area contributed by atoms with Crippen molar-refractivity contribution in [3.63, 3.8) is 0 Å². The average Bonchev–Trinajstić information content (AvgIpc) is 3.30. The van der Waals surface area contributed by atoms with Gasteiger partial charge in [0.15, 0.2) is 5.82 Å². The van der Waals surface area contributed by atoms with Crippen LogP contribution in [-0.2, 0) is 6.42 Å². The second-order valence-corrected chi connectivity index (χ2v) is 8.36. The Morgan fingerprint density at radius 2 is 2.07 bits per heavy atom. The minimum atomic E-state index is -0.394. The van der Waals surface area contributed by atoms with Crippen molar-refractivity contribution in [1.82, 2.24) is 24.5 Å². The number of benzene rings is 1. The highest BCUT2D eigenvalue weighted by molar-refractivity contribution is 7.09. The summed E-state index contributed by atoms with van der Waals surface area (Å²) in [6, 6.07) is 3.46. The van der Waals surface area contributed by atoms with E-state index in [-0.39, 0.29) is 6.04 Å². The first-order chi connectivity index (χ1) is 13.9. The highest BCUT2D eigenvalue weighted by atomic mass is 35.5. The van der Waals surface area contributed by atoms with Gasteiger partial charge in [0.2, 0.25) is 5.95 Å². The summed E-state index contributed by atoms with van der Waals surface area (Å²) in [5.74, 6) is 0.822. The largest absolute Gasteiger partial charge is 0.354 e. The summed E-state index contributed by atoms with van der Waals surface area (Å²) in [7, 11) is 0. The van der Waals surface area contributed by atoms with E-state index < -0.39 is 5.82 Å². The van der Waals surface area contributed by atoms with Gasteiger partial charge >= 0.3 is 0 Å². The molecule has 4 aromatic rings. The minimum Gasteiger partial charge on any atom is -0.354 e. The van der Waals surface area contributed by atoms with Crippen LogP contribution in [0, 0.1) is 12.7 Å². The van der Waals surface area contributed by atoms with Crippen LogP contribution in [0.4, 0.5) is 10.3 Å². The van der Waals surface area contributed by atoms with Gasteiger partial charge in [0.05, 0.1) is 27.9 Å². The number of nitrogens with one attached hydrogen (secondary N) is 1. The number of anilines is 1. The van der Waals surface area contributed by atoms with Crippen LogP contribution >= 0.6 is 22.9 Å². The molecule has 6 nitrogen and oxygen atoms in total. The van der Waals surface area contributed by atoms with Crippen LogP contribution in [0.2, 0.25) is 5.02 Å². The molecule has 0 saturated carbocycles. The van der Waals surface area contributed by atoms with Crippen molar-refractivity contribution in [2.24, 2.45) is 0 Å². The number of rotatable bonds is 6. The van der Waals surface area contributed by atoms with Crippen LogP contribution in [0.5, 0.6) is 0 Å². The Hall–Kier alpha value is -2.58. The molecule has 0 unspecified atom stereocenters. The number of imidazole rings is 1. The molecule has 0 aliphatic heterocycles. The Balaban J connectivity index is 1.68. The fourth-order valence-electron chi connectivity index (χ4n) is 3.38. The molecule has 0 fully saturated rings.